The summed E-state index contributed by atoms with van der Waals surface area (Å²) >= 11 is 0. The summed E-state index contributed by atoms with van der Waals surface area (Å²) in [6.45, 7) is 11.4. The standard InChI is InChI=1S/C29H41N5O2.C2H6/c1-23-21-28(35-3)7-4-5-16-30-32-29(23)31-25-13-19-34(20-14-25)22-24-9-11-27(12-10-24)36-26-8-6-17-33(2)18-15-26;1-2/h4-5,7,9-12,16,21,25-26H,6,8,13-15,17-20,22H2,1-3H3,(H,31,32);1-2H3. The highest BCUT2D eigenvalue weighted by atomic mass is 16.5. The van der Waals surface area contributed by atoms with Gasteiger partial charge in [0, 0.05) is 38.4 Å². The summed E-state index contributed by atoms with van der Waals surface area (Å²) in [5.41, 5.74) is 2.35. The van der Waals surface area contributed by atoms with Crippen LogP contribution >= 0.6 is 0 Å². The summed E-state index contributed by atoms with van der Waals surface area (Å²) in [5, 5.41) is 12.2. The zero-order valence-corrected chi connectivity index (χ0v) is 24.0. The number of hydrogen-bond acceptors (Lipinski definition) is 7. The quantitative estimate of drug-likeness (QED) is 0.488. The molecule has 1 aromatic carbocycles. The summed E-state index contributed by atoms with van der Waals surface area (Å²) in [6.07, 6.45) is 7.63. The van der Waals surface area contributed by atoms with Crippen molar-refractivity contribution in [1.82, 2.24) is 20.0 Å². The average Bonchev–Trinajstić information content (AvgIpc) is 3.15. The van der Waals surface area contributed by atoms with Crippen LogP contribution in [0.15, 0.2) is 54.7 Å². The van der Waals surface area contributed by atoms with Crippen LogP contribution in [-0.4, -0.2) is 72.5 Å². The molecule has 2 aromatic rings. The van der Waals surface area contributed by atoms with Gasteiger partial charge in [0.15, 0.2) is 5.82 Å². The van der Waals surface area contributed by atoms with Crippen molar-refractivity contribution in [3.05, 3.63) is 65.9 Å². The van der Waals surface area contributed by atoms with Gasteiger partial charge in [-0.3, -0.25) is 4.90 Å². The predicted molar refractivity (Wildman–Crippen MR) is 156 cm³/mol. The van der Waals surface area contributed by atoms with Crippen LogP contribution in [0.4, 0.5) is 5.82 Å². The average molecular weight is 522 g/mol. The van der Waals surface area contributed by atoms with Gasteiger partial charge in [0.25, 0.3) is 0 Å². The minimum Gasteiger partial charge on any atom is -0.497 e. The van der Waals surface area contributed by atoms with Crippen LogP contribution in [0.25, 0.3) is 0 Å². The van der Waals surface area contributed by atoms with Crippen molar-refractivity contribution in [3.63, 3.8) is 0 Å². The maximum absolute atomic E-state index is 6.28. The van der Waals surface area contributed by atoms with Crippen LogP contribution < -0.4 is 14.8 Å². The topological polar surface area (TPSA) is 62.8 Å². The molecule has 0 bridgehead atoms. The summed E-state index contributed by atoms with van der Waals surface area (Å²) in [7, 11) is 3.88. The maximum Gasteiger partial charge on any atom is 0.151 e. The van der Waals surface area contributed by atoms with Crippen LogP contribution in [0.3, 0.4) is 0 Å². The van der Waals surface area contributed by atoms with E-state index in [1.807, 2.05) is 45.0 Å². The number of piperidine rings is 1. The molecule has 1 N–H and O–H groups in total. The molecular weight excluding hydrogens is 474 g/mol. The first-order chi connectivity index (χ1) is 18.6. The molecule has 2 saturated heterocycles. The lowest BCUT2D eigenvalue weighted by atomic mass is 10.0. The fraction of sp³-hybridized carbons (Fsp3) is 0.548. The van der Waals surface area contributed by atoms with E-state index in [-0.39, 0.29) is 0 Å². The Labute approximate surface area is 229 Å². The molecule has 0 saturated carbocycles. The molecule has 7 heteroatoms. The van der Waals surface area contributed by atoms with E-state index in [1.54, 1.807) is 13.3 Å². The zero-order valence-electron chi connectivity index (χ0n) is 24.0. The Bertz CT molecular complexity index is 1010. The summed E-state index contributed by atoms with van der Waals surface area (Å²) in [4.78, 5) is 4.93. The van der Waals surface area contributed by atoms with Crippen molar-refractivity contribution >= 4 is 5.82 Å². The van der Waals surface area contributed by atoms with E-state index in [1.165, 1.54) is 18.5 Å². The molecule has 1 unspecified atom stereocenters. The van der Waals surface area contributed by atoms with E-state index in [0.717, 1.165) is 74.7 Å². The Morgan fingerprint density at radius 1 is 0.921 bits per heavy atom. The molecule has 2 aliphatic rings. The van der Waals surface area contributed by atoms with Crippen molar-refractivity contribution in [1.29, 1.82) is 0 Å². The molecule has 38 heavy (non-hydrogen) atoms. The second-order valence-corrected chi connectivity index (χ2v) is 10.0. The van der Waals surface area contributed by atoms with Gasteiger partial charge in [-0.1, -0.05) is 32.0 Å². The van der Waals surface area contributed by atoms with Crippen LogP contribution in [0.2, 0.25) is 0 Å². The third kappa shape index (κ3) is 9.76. The Morgan fingerprint density at radius 3 is 2.42 bits per heavy atom. The lowest BCUT2D eigenvalue weighted by Crippen LogP contribution is -2.38. The first kappa shape index (κ1) is 29.7. The fourth-order valence-electron chi connectivity index (χ4n) is 4.89. The number of ether oxygens (including phenoxy) is 2. The highest BCUT2D eigenvalue weighted by Gasteiger charge is 2.20. The second-order valence-electron chi connectivity index (χ2n) is 10.0. The summed E-state index contributed by atoms with van der Waals surface area (Å²) in [5.74, 6) is 2.59. The van der Waals surface area contributed by atoms with E-state index in [0.29, 0.717) is 12.1 Å². The van der Waals surface area contributed by atoms with Gasteiger partial charge in [0.2, 0.25) is 0 Å². The number of aryl methyl sites for hydroxylation is 1. The van der Waals surface area contributed by atoms with Crippen molar-refractivity contribution < 1.29 is 9.47 Å². The van der Waals surface area contributed by atoms with Gasteiger partial charge >= 0.3 is 0 Å². The van der Waals surface area contributed by atoms with E-state index in [4.69, 9.17) is 9.47 Å². The van der Waals surface area contributed by atoms with Crippen LogP contribution in [0.1, 0.15) is 57.1 Å². The largest absolute Gasteiger partial charge is 0.497 e. The number of likely N-dealkylation sites (tertiary alicyclic amines) is 2. The molecule has 0 aliphatic carbocycles. The molecular formula is C31H47N5O2. The Hall–Kier alpha value is -2.90. The number of methoxy groups -OCH3 is 1. The van der Waals surface area contributed by atoms with Gasteiger partial charge in [-0.05, 0) is 94.1 Å². The molecule has 2 aliphatic heterocycles. The minimum absolute atomic E-state index is 0.335. The van der Waals surface area contributed by atoms with E-state index in [2.05, 4.69) is 56.6 Å². The van der Waals surface area contributed by atoms with E-state index in [9.17, 15) is 0 Å². The van der Waals surface area contributed by atoms with Crippen molar-refractivity contribution in [2.75, 3.05) is 45.7 Å². The molecule has 7 nitrogen and oxygen atoms in total. The molecule has 1 atom stereocenters. The summed E-state index contributed by atoms with van der Waals surface area (Å²) in [6, 6.07) is 16.8. The van der Waals surface area contributed by atoms with E-state index < -0.39 is 0 Å². The van der Waals surface area contributed by atoms with Gasteiger partial charge in [0.05, 0.1) is 13.2 Å². The van der Waals surface area contributed by atoms with Crippen molar-refractivity contribution in [2.45, 2.75) is 71.6 Å². The molecule has 0 amide bonds. The first-order valence-electron chi connectivity index (χ1n) is 14.2. The SMILES string of the molecule is CC.COc1ccccnnc(NC2CCN(Cc3ccc(OC4CCCN(C)CC4)cc3)CC2)c(C)c1. The molecule has 1 aromatic heterocycles. The minimum atomic E-state index is 0.335. The van der Waals surface area contributed by atoms with Gasteiger partial charge in [0.1, 0.15) is 11.5 Å². The van der Waals surface area contributed by atoms with Crippen LogP contribution in [-0.2, 0) is 6.54 Å². The fourth-order valence-corrected chi connectivity index (χ4v) is 4.89. The molecule has 0 spiro atoms. The predicted octanol–water partition coefficient (Wildman–Crippen LogP) is 5.88. The number of hydrogen-bond donors (Lipinski definition) is 1. The highest BCUT2D eigenvalue weighted by molar-refractivity contribution is 5.44. The second kappa shape index (κ2) is 16.1. The Morgan fingerprint density at radius 2 is 1.68 bits per heavy atom. The van der Waals surface area contributed by atoms with Crippen LogP contribution in [0.5, 0.6) is 11.5 Å². The monoisotopic (exact) mass is 521 g/mol. The summed E-state index contributed by atoms with van der Waals surface area (Å²) < 4.78 is 11.7. The molecule has 208 valence electrons. The zero-order chi connectivity index (χ0) is 27.2. The lowest BCUT2D eigenvalue weighted by Gasteiger charge is -2.32. The normalized spacial score (nSPS) is 18.8. The Balaban J connectivity index is 0.00000195. The van der Waals surface area contributed by atoms with E-state index >= 15 is 0 Å². The number of benzene rings is 1. The third-order valence-electron chi connectivity index (χ3n) is 7.11. The Kier molecular flexibility index (Phi) is 12.6. The van der Waals surface area contributed by atoms with Crippen LogP contribution in [0, 0.1) is 6.92 Å². The van der Waals surface area contributed by atoms with Gasteiger partial charge in [-0.15, -0.1) is 5.10 Å². The number of aromatic nitrogens is 2. The molecule has 4 rings (SSSR count). The van der Waals surface area contributed by atoms with Crippen molar-refractivity contribution in [2.24, 2.45) is 0 Å². The number of anilines is 1. The molecule has 0 radical (unpaired) electrons. The maximum atomic E-state index is 6.28. The number of rotatable bonds is 7. The highest BCUT2D eigenvalue weighted by Crippen LogP contribution is 2.22. The van der Waals surface area contributed by atoms with Gasteiger partial charge in [-0.2, -0.15) is 5.10 Å². The van der Waals surface area contributed by atoms with Crippen molar-refractivity contribution in [3.8, 4) is 11.5 Å². The third-order valence-corrected chi connectivity index (χ3v) is 7.11. The number of nitrogens with zero attached hydrogens (tertiary/aromatic N) is 4. The smallest absolute Gasteiger partial charge is 0.151 e. The lowest BCUT2D eigenvalue weighted by molar-refractivity contribution is 0.183. The molecule has 3 heterocycles. The molecule has 2 fully saturated rings. The van der Waals surface area contributed by atoms with Gasteiger partial charge in [-0.25, -0.2) is 0 Å². The van der Waals surface area contributed by atoms with Gasteiger partial charge < -0.3 is 19.7 Å². The number of nitrogens with one attached hydrogen (secondary N) is 1. The first-order valence-corrected chi connectivity index (χ1v) is 14.2.